The molecule has 656 valence electrons. The molecule has 0 radical (unpaired) electrons. The number of halogens is 4. The smallest absolute Gasteiger partial charge is 0.329 e. The molecule has 31 nitrogen and oxygen atoms in total. The van der Waals surface area contributed by atoms with Crippen molar-refractivity contribution in [2.24, 2.45) is 11.8 Å². The topological polar surface area (TPSA) is 365 Å². The van der Waals surface area contributed by atoms with E-state index in [1.165, 1.54) is 57.1 Å². The van der Waals surface area contributed by atoms with Gasteiger partial charge in [-0.05, 0) is 180 Å². The molecule has 16 atom stereocenters. The van der Waals surface area contributed by atoms with Crippen LogP contribution in [0.4, 0.5) is 28.9 Å². The summed E-state index contributed by atoms with van der Waals surface area (Å²) in [5, 5.41) is 16.2. The standard InChI is InChI=1S/C44H55F2N7O8.C43H53F2N7O9/c1-24-16-36-44(60)61-26(3)38(43(59)52-14-7-9-35(52)42(58)51-13-6-5-8-34(51)40(56)47-25(2)41(57)53(36)23-24)49-39(55)32(20-28-18-30(45)22-31(46)19-28)48-37(54)21-27-10-11-33-29(17-27)12-15-50(33)4;1-23-14-34-43(59)61-25(3)37(42(58)50-10-5-6-33(50)41(57)51-12-13-60-22-35(51)39(55)46-24(2)40(56)52(34)21-23)48-38(54)31(18-27-16-29(44)20-30(45)17-27)47-36(53)19-26-7-8-32-28(15-26)9-11-49(32)4/h10-11,17-19,22,24-26,32,34-36,38H,5-9,12-16,20-21,23H2,1-4H3,(H,47,56)(H,48,54)(H,49,55);7-8,15-17,20,23-25,31,33-35,37H,5-6,9-14,18-19,21-22H2,1-4H3,(H,46,55)(H,47,53)(H,48,54)/t24-,25+,26+,32+,34+,35+,36+,38+;23-,24+,25+,31+,33+,34+,35+,37+/m11/s1. The molecule has 10 aliphatic heterocycles. The van der Waals surface area contributed by atoms with E-state index in [0.717, 1.165) is 72.7 Å². The number of morpholine rings is 1. The van der Waals surface area contributed by atoms with E-state index in [2.05, 4.69) is 41.7 Å². The maximum atomic E-state index is 14.8. The Hall–Kier alpha value is -11.3. The Labute approximate surface area is 704 Å². The zero-order valence-corrected chi connectivity index (χ0v) is 69.9. The van der Waals surface area contributed by atoms with Crippen LogP contribution in [0.5, 0.6) is 0 Å². The summed E-state index contributed by atoms with van der Waals surface area (Å²) in [7, 11) is 3.95. The number of nitrogens with zero attached hydrogens (tertiary/aromatic N) is 8. The van der Waals surface area contributed by atoms with E-state index in [-0.39, 0.29) is 127 Å². The van der Waals surface area contributed by atoms with Crippen LogP contribution >= 0.6 is 0 Å². The van der Waals surface area contributed by atoms with Gasteiger partial charge in [-0.25, -0.2) is 27.2 Å². The third-order valence-corrected chi connectivity index (χ3v) is 25.0. The van der Waals surface area contributed by atoms with Gasteiger partial charge >= 0.3 is 11.9 Å². The first-order valence-electron chi connectivity index (χ1n) is 42.3. The maximum absolute atomic E-state index is 14.8. The van der Waals surface area contributed by atoms with Crippen molar-refractivity contribution in [1.82, 2.24) is 61.3 Å². The molecule has 4 aromatic rings. The fourth-order valence-corrected chi connectivity index (χ4v) is 18.7. The summed E-state index contributed by atoms with van der Waals surface area (Å²) >= 11 is 0. The van der Waals surface area contributed by atoms with Crippen LogP contribution in [0.25, 0.3) is 0 Å². The fraction of sp³-hybridized carbons (Fsp3) is 0.563. The molecular formula is C87H108F4N14O17. The van der Waals surface area contributed by atoms with E-state index in [4.69, 9.17) is 14.2 Å². The highest BCUT2D eigenvalue weighted by Gasteiger charge is 2.51. The molecule has 14 rings (SSSR count). The summed E-state index contributed by atoms with van der Waals surface area (Å²) in [4.78, 5) is 210. The number of ether oxygens (including phenoxy) is 3. The minimum atomic E-state index is -1.62. The van der Waals surface area contributed by atoms with Crippen molar-refractivity contribution in [3.63, 3.8) is 0 Å². The van der Waals surface area contributed by atoms with Crippen LogP contribution in [0.15, 0.2) is 72.8 Å². The Balaban J connectivity index is 0.000000210. The first-order chi connectivity index (χ1) is 58.1. The molecule has 0 aliphatic carbocycles. The van der Waals surface area contributed by atoms with Crippen LogP contribution in [-0.2, 0) is 120 Å². The van der Waals surface area contributed by atoms with Gasteiger partial charge in [-0.15, -0.1) is 0 Å². The largest absolute Gasteiger partial charge is 0.458 e. The summed E-state index contributed by atoms with van der Waals surface area (Å²) in [6.45, 7) is 12.2. The molecule has 10 heterocycles. The molecule has 0 unspecified atom stereocenters. The van der Waals surface area contributed by atoms with Crippen LogP contribution in [0, 0.1) is 35.1 Å². The van der Waals surface area contributed by atoms with E-state index in [1.807, 2.05) is 64.3 Å². The summed E-state index contributed by atoms with van der Waals surface area (Å²) in [5.41, 5.74) is 5.74. The van der Waals surface area contributed by atoms with Crippen molar-refractivity contribution in [2.75, 3.05) is 89.5 Å². The first kappa shape index (κ1) is 88.5. The first-order valence-corrected chi connectivity index (χ1v) is 42.3. The number of anilines is 2. The lowest BCUT2D eigenvalue weighted by Crippen LogP contribution is -2.64. The Morgan fingerprint density at radius 1 is 0.434 bits per heavy atom. The number of nitrogens with one attached hydrogen (secondary N) is 6. The molecule has 0 aromatic heterocycles. The van der Waals surface area contributed by atoms with Gasteiger partial charge in [-0.2, -0.15) is 0 Å². The van der Waals surface area contributed by atoms with Crippen molar-refractivity contribution in [2.45, 2.75) is 223 Å². The van der Waals surface area contributed by atoms with Gasteiger partial charge in [0.15, 0.2) is 0 Å². The highest BCUT2D eigenvalue weighted by atomic mass is 19.1. The number of cyclic esters (lactones) is 2. The third-order valence-electron chi connectivity index (χ3n) is 25.0. The SMILES string of the molecule is C[C@@H]1C[C@H]2C(=O)O[C@@H](C)[C@H](NC(=O)[C@H](Cc3cc(F)cc(F)c3)NC(=O)Cc3ccc4c(c3)CCN4C)C(=O)N3CCC[C@H]3C(=O)N3CCCC[C@H]3C(=O)N[C@@H](C)C(=O)N2C1.C[C@@H]1C[C@H]2C(=O)O[C@@H](C)[C@H](NC(=O)[C@H](Cc3cc(F)cc(F)c3)NC(=O)Cc3ccc4c(c3)CCN4C)C(=O)N3CCC[C@H]3C(=O)N3CCOC[C@H]3C(=O)N[C@@H](C)C(=O)N2C1. The molecular weight excluding hydrogens is 1590 g/mol. The van der Waals surface area contributed by atoms with Gasteiger partial charge in [0.1, 0.15) is 108 Å². The third kappa shape index (κ3) is 20.1. The van der Waals surface area contributed by atoms with Gasteiger partial charge in [-0.1, -0.05) is 38.1 Å². The molecule has 0 bridgehead atoms. The normalized spacial score (nSPS) is 27.8. The van der Waals surface area contributed by atoms with Crippen molar-refractivity contribution >= 4 is 94.2 Å². The zero-order chi connectivity index (χ0) is 87.4. The van der Waals surface area contributed by atoms with Crippen LogP contribution in [-0.4, -0.2) is 277 Å². The zero-order valence-electron chi connectivity index (χ0n) is 69.9. The van der Waals surface area contributed by atoms with Gasteiger partial charge in [0.05, 0.1) is 26.1 Å². The summed E-state index contributed by atoms with van der Waals surface area (Å²) in [5.74, 6) is -13.1. The second kappa shape index (κ2) is 38.0. The monoisotopic (exact) mass is 1700 g/mol. The van der Waals surface area contributed by atoms with Crippen molar-refractivity contribution in [1.29, 1.82) is 0 Å². The molecule has 4 aromatic carbocycles. The van der Waals surface area contributed by atoms with Crippen molar-refractivity contribution in [3.05, 3.63) is 129 Å². The van der Waals surface area contributed by atoms with Crippen LogP contribution in [0.2, 0.25) is 0 Å². The van der Waals surface area contributed by atoms with E-state index in [9.17, 15) is 84.7 Å². The van der Waals surface area contributed by atoms with E-state index in [1.54, 1.807) is 0 Å². The summed E-state index contributed by atoms with van der Waals surface area (Å²) < 4.78 is 75.1. The molecule has 0 saturated carbocycles. The van der Waals surface area contributed by atoms with Crippen LogP contribution in [0.1, 0.15) is 133 Å². The molecule has 8 saturated heterocycles. The number of carbonyl (C=O) groups is 14. The van der Waals surface area contributed by atoms with Gasteiger partial charge in [0.25, 0.3) is 0 Å². The quantitative estimate of drug-likeness (QED) is 0.0779. The average Bonchev–Trinajstić information content (AvgIpc) is 1.49. The molecule has 10 aliphatic rings. The lowest BCUT2D eigenvalue weighted by Gasteiger charge is -2.39. The van der Waals surface area contributed by atoms with Crippen molar-refractivity contribution in [3.8, 4) is 0 Å². The number of esters is 2. The minimum absolute atomic E-state index is 0.0439. The number of likely N-dealkylation sites (N-methyl/N-ethyl adjacent to an activating group) is 2. The van der Waals surface area contributed by atoms with Gasteiger partial charge in [0, 0.05) is 103 Å². The predicted octanol–water partition coefficient (Wildman–Crippen LogP) is 2.39. The van der Waals surface area contributed by atoms with Gasteiger partial charge in [-0.3, -0.25) is 57.5 Å². The molecule has 0 spiro atoms. The average molecular weight is 1700 g/mol. The Morgan fingerprint density at radius 2 is 0.828 bits per heavy atom. The molecule has 122 heavy (non-hydrogen) atoms. The van der Waals surface area contributed by atoms with Crippen LogP contribution in [0.3, 0.4) is 0 Å². The van der Waals surface area contributed by atoms with E-state index in [0.29, 0.717) is 55.4 Å². The van der Waals surface area contributed by atoms with E-state index < -0.39 is 191 Å². The molecule has 8 fully saturated rings. The van der Waals surface area contributed by atoms with E-state index >= 15 is 0 Å². The number of piperidine rings is 1. The number of hydrogen-bond donors (Lipinski definition) is 6. The maximum Gasteiger partial charge on any atom is 0.329 e. The van der Waals surface area contributed by atoms with Crippen LogP contribution < -0.4 is 41.7 Å². The van der Waals surface area contributed by atoms with Gasteiger partial charge < -0.3 is 85.3 Å². The van der Waals surface area contributed by atoms with Crippen molar-refractivity contribution < 1.29 is 98.9 Å². The second-order valence-corrected chi connectivity index (χ2v) is 34.3. The van der Waals surface area contributed by atoms with Gasteiger partial charge in [0.2, 0.25) is 70.9 Å². The highest BCUT2D eigenvalue weighted by Crippen LogP contribution is 2.34. The highest BCUT2D eigenvalue weighted by molar-refractivity contribution is 6.01. The number of rotatable bonds is 14. The summed E-state index contributed by atoms with van der Waals surface area (Å²) in [6.07, 6.45) is 1.39. The molecule has 35 heteroatoms. The Bertz CT molecular complexity index is 4420. The number of benzene rings is 4. The fourth-order valence-electron chi connectivity index (χ4n) is 18.7. The minimum Gasteiger partial charge on any atom is -0.458 e. The lowest BCUT2D eigenvalue weighted by atomic mass is 9.99. The molecule has 6 N–H and O–H groups in total. The molecule has 12 amide bonds. The number of hydrogen-bond acceptors (Lipinski definition) is 19. The number of amides is 12. The Kier molecular flexibility index (Phi) is 27.6. The lowest BCUT2D eigenvalue weighted by molar-refractivity contribution is -0.164. The number of fused-ring (bicyclic) bond motifs is 8. The summed E-state index contributed by atoms with van der Waals surface area (Å²) in [6, 6.07) is 2.40. The Morgan fingerprint density at radius 3 is 1.26 bits per heavy atom. The number of carbonyl (C=O) groups excluding carboxylic acids is 14. The second-order valence-electron chi connectivity index (χ2n) is 34.3. The predicted molar refractivity (Wildman–Crippen MR) is 432 cm³/mol.